The van der Waals surface area contributed by atoms with Crippen LogP contribution in [0.2, 0.25) is 5.02 Å². The Hall–Kier alpha value is -2.19. The van der Waals surface area contributed by atoms with Crippen LogP contribution in [0.25, 0.3) is 0 Å². The zero-order valence-corrected chi connectivity index (χ0v) is 17.7. The monoisotopic (exact) mass is 446 g/mol. The molecule has 1 aromatic heterocycles. The van der Waals surface area contributed by atoms with Crippen LogP contribution in [0, 0.1) is 0 Å². The number of thiophene rings is 1. The molecule has 1 heterocycles. The van der Waals surface area contributed by atoms with E-state index in [0.29, 0.717) is 5.02 Å². The summed E-state index contributed by atoms with van der Waals surface area (Å²) in [6.07, 6.45) is 1.70. The molecule has 0 bridgehead atoms. The smallest absolute Gasteiger partial charge is 0.252 e. The number of hydrogen-bond donors (Lipinski definition) is 2. The van der Waals surface area contributed by atoms with E-state index in [0.717, 1.165) is 24.0 Å². The van der Waals surface area contributed by atoms with Gasteiger partial charge in [-0.05, 0) is 71.1 Å². The second-order valence-electron chi connectivity index (χ2n) is 6.94. The highest BCUT2D eigenvalue weighted by atomic mass is 35.5. The first kappa shape index (κ1) is 20.1. The van der Waals surface area contributed by atoms with Crippen LogP contribution in [-0.2, 0) is 10.0 Å². The molecule has 0 saturated heterocycles. The summed E-state index contributed by atoms with van der Waals surface area (Å²) >= 11 is 7.54. The average molecular weight is 447 g/mol. The molecule has 1 unspecified atom stereocenters. The fraction of sp³-hybridized carbons (Fsp3) is 0.190. The molecule has 0 spiro atoms. The van der Waals surface area contributed by atoms with Crippen molar-refractivity contribution in [2.24, 2.45) is 0 Å². The van der Waals surface area contributed by atoms with E-state index in [1.54, 1.807) is 35.6 Å². The van der Waals surface area contributed by atoms with Crippen LogP contribution in [0.4, 0.5) is 0 Å². The molecule has 0 radical (unpaired) electrons. The van der Waals surface area contributed by atoms with Gasteiger partial charge in [0.1, 0.15) is 0 Å². The number of carbonyl (C=O) groups is 1. The van der Waals surface area contributed by atoms with Gasteiger partial charge >= 0.3 is 0 Å². The van der Waals surface area contributed by atoms with E-state index >= 15 is 0 Å². The second kappa shape index (κ2) is 8.28. The predicted molar refractivity (Wildman–Crippen MR) is 115 cm³/mol. The minimum Gasteiger partial charge on any atom is -0.341 e. The van der Waals surface area contributed by atoms with Crippen molar-refractivity contribution in [3.63, 3.8) is 0 Å². The highest BCUT2D eigenvalue weighted by molar-refractivity contribution is 7.89. The molecule has 1 saturated carbocycles. The number of halogens is 1. The van der Waals surface area contributed by atoms with Gasteiger partial charge in [0.05, 0.1) is 10.9 Å². The van der Waals surface area contributed by atoms with Crippen molar-refractivity contribution in [2.75, 3.05) is 0 Å². The minimum absolute atomic E-state index is 0.00496. The highest BCUT2D eigenvalue weighted by Gasteiger charge is 2.28. The van der Waals surface area contributed by atoms with Crippen molar-refractivity contribution in [3.05, 3.63) is 87.1 Å². The fourth-order valence-electron chi connectivity index (χ4n) is 2.96. The molecule has 29 heavy (non-hydrogen) atoms. The molecule has 2 N–H and O–H groups in total. The third-order valence-electron chi connectivity index (χ3n) is 4.66. The molecule has 1 aliphatic carbocycles. The van der Waals surface area contributed by atoms with Crippen molar-refractivity contribution >= 4 is 38.9 Å². The molecule has 0 aliphatic heterocycles. The summed E-state index contributed by atoms with van der Waals surface area (Å²) in [5.74, 6) is -0.348. The first-order chi connectivity index (χ1) is 13.9. The van der Waals surface area contributed by atoms with Gasteiger partial charge < -0.3 is 5.32 Å². The molecular formula is C21H19ClN2O3S2. The first-order valence-corrected chi connectivity index (χ1v) is 11.9. The van der Waals surface area contributed by atoms with E-state index in [2.05, 4.69) is 10.0 Å². The zero-order chi connectivity index (χ0) is 20.4. The molecule has 2 aromatic carbocycles. The predicted octanol–water partition coefficient (Wildman–Crippen LogP) is 4.36. The van der Waals surface area contributed by atoms with Gasteiger partial charge in [-0.25, -0.2) is 13.1 Å². The number of hydrogen-bond acceptors (Lipinski definition) is 4. The molecule has 1 amide bonds. The molecular weight excluding hydrogens is 428 g/mol. The Labute approximate surface area is 178 Å². The first-order valence-electron chi connectivity index (χ1n) is 9.13. The maximum atomic E-state index is 13.0. The molecule has 5 nitrogen and oxygen atoms in total. The summed E-state index contributed by atoms with van der Waals surface area (Å²) in [6.45, 7) is 0. The minimum atomic E-state index is -3.62. The van der Waals surface area contributed by atoms with Crippen molar-refractivity contribution in [1.29, 1.82) is 0 Å². The van der Waals surface area contributed by atoms with Crippen molar-refractivity contribution in [3.8, 4) is 0 Å². The lowest BCUT2D eigenvalue weighted by atomic mass is 10.0. The third-order valence-corrected chi connectivity index (χ3v) is 7.13. The van der Waals surface area contributed by atoms with Crippen LogP contribution in [-0.4, -0.2) is 20.4 Å². The Morgan fingerprint density at radius 2 is 1.83 bits per heavy atom. The van der Waals surface area contributed by atoms with Crippen LogP contribution in [0.15, 0.2) is 70.3 Å². The zero-order valence-electron chi connectivity index (χ0n) is 15.3. The summed E-state index contributed by atoms with van der Waals surface area (Å²) in [6, 6.07) is 15.0. The summed E-state index contributed by atoms with van der Waals surface area (Å²) in [5.41, 5.74) is 2.13. The van der Waals surface area contributed by atoms with Crippen LogP contribution < -0.4 is 10.0 Å². The molecule has 1 fully saturated rings. The van der Waals surface area contributed by atoms with E-state index in [9.17, 15) is 13.2 Å². The Balaban J connectivity index is 1.59. The Morgan fingerprint density at radius 3 is 2.48 bits per heavy atom. The highest BCUT2D eigenvalue weighted by Crippen LogP contribution is 2.26. The number of amides is 1. The van der Waals surface area contributed by atoms with Crippen LogP contribution in [0.1, 0.15) is 40.4 Å². The summed E-state index contributed by atoms with van der Waals surface area (Å²) in [4.78, 5) is 13.0. The van der Waals surface area contributed by atoms with E-state index < -0.39 is 10.0 Å². The number of nitrogens with one attached hydrogen (secondary N) is 2. The lowest BCUT2D eigenvalue weighted by Crippen LogP contribution is -2.30. The molecule has 150 valence electrons. The van der Waals surface area contributed by atoms with E-state index in [1.165, 1.54) is 12.1 Å². The van der Waals surface area contributed by atoms with Gasteiger partial charge in [0.15, 0.2) is 0 Å². The number of rotatable bonds is 7. The topological polar surface area (TPSA) is 75.3 Å². The summed E-state index contributed by atoms with van der Waals surface area (Å²) < 4.78 is 27.6. The van der Waals surface area contributed by atoms with Gasteiger partial charge in [-0.1, -0.05) is 29.8 Å². The lowest BCUT2D eigenvalue weighted by Gasteiger charge is -2.19. The lowest BCUT2D eigenvalue weighted by molar-refractivity contribution is 0.0943. The van der Waals surface area contributed by atoms with Crippen LogP contribution in [0.5, 0.6) is 0 Å². The number of sulfonamides is 1. The number of carbonyl (C=O) groups excluding carboxylic acids is 1. The van der Waals surface area contributed by atoms with Gasteiger partial charge in [-0.3, -0.25) is 4.79 Å². The standard InChI is InChI=1S/C21H19ClN2O3S2/c22-17-6-4-14(5-7-17)20(16-10-11-28-13-16)23-21(25)15-2-1-3-19(12-15)29(26,27)24-18-8-9-18/h1-7,10-13,18,20,24H,8-9H2,(H,23,25). The van der Waals surface area contributed by atoms with E-state index in [4.69, 9.17) is 11.6 Å². The van der Waals surface area contributed by atoms with Crippen molar-refractivity contribution < 1.29 is 13.2 Å². The maximum Gasteiger partial charge on any atom is 0.252 e. The van der Waals surface area contributed by atoms with Crippen molar-refractivity contribution in [2.45, 2.75) is 29.8 Å². The Kier molecular flexibility index (Phi) is 5.74. The summed E-state index contributed by atoms with van der Waals surface area (Å²) in [5, 5.41) is 7.55. The normalized spacial score (nSPS) is 15.1. The second-order valence-corrected chi connectivity index (χ2v) is 9.87. The molecule has 1 atom stereocenters. The quantitative estimate of drug-likeness (QED) is 0.566. The summed E-state index contributed by atoms with van der Waals surface area (Å²) in [7, 11) is -3.62. The Bertz CT molecular complexity index is 1110. The SMILES string of the molecule is O=C(NC(c1ccc(Cl)cc1)c1ccsc1)c1cccc(S(=O)(=O)NC2CC2)c1. The van der Waals surface area contributed by atoms with Gasteiger partial charge in [0.25, 0.3) is 5.91 Å². The van der Waals surface area contributed by atoms with Crippen LogP contribution >= 0.6 is 22.9 Å². The maximum absolute atomic E-state index is 13.0. The molecule has 1 aliphatic rings. The third kappa shape index (κ3) is 4.87. The van der Waals surface area contributed by atoms with Crippen LogP contribution in [0.3, 0.4) is 0 Å². The largest absolute Gasteiger partial charge is 0.341 e. The van der Waals surface area contributed by atoms with Gasteiger partial charge in [0, 0.05) is 16.6 Å². The van der Waals surface area contributed by atoms with Gasteiger partial charge in [0.2, 0.25) is 10.0 Å². The fourth-order valence-corrected chi connectivity index (χ4v) is 5.12. The van der Waals surface area contributed by atoms with Gasteiger partial charge in [-0.2, -0.15) is 11.3 Å². The molecule has 3 aromatic rings. The number of benzene rings is 2. The molecule has 8 heteroatoms. The Morgan fingerprint density at radius 1 is 1.07 bits per heavy atom. The van der Waals surface area contributed by atoms with Gasteiger partial charge in [-0.15, -0.1) is 0 Å². The van der Waals surface area contributed by atoms with Crippen molar-refractivity contribution in [1.82, 2.24) is 10.0 Å². The van der Waals surface area contributed by atoms with E-state index in [-0.39, 0.29) is 28.4 Å². The molecule has 4 rings (SSSR count). The average Bonchev–Trinajstić information content (AvgIpc) is 3.34. The van der Waals surface area contributed by atoms with E-state index in [1.807, 2.05) is 29.0 Å².